The molecule has 104 valence electrons. The van der Waals surface area contributed by atoms with Gasteiger partial charge in [0, 0.05) is 32.8 Å². The number of nitrogens with zero attached hydrogens (tertiary/aromatic N) is 1. The number of hydrogen-bond donors (Lipinski definition) is 1. The van der Waals surface area contributed by atoms with Crippen LogP contribution in [0, 0.1) is 5.92 Å². The van der Waals surface area contributed by atoms with Gasteiger partial charge in [-0.25, -0.2) is 0 Å². The zero-order chi connectivity index (χ0) is 13.5. The van der Waals surface area contributed by atoms with Crippen molar-refractivity contribution in [1.29, 1.82) is 0 Å². The summed E-state index contributed by atoms with van der Waals surface area (Å²) in [6.07, 6.45) is -3.42. The standard InChI is InChI=1S/C11H23F3N2O/c1-4-9(2)16(5-6-17-3)8-10(7-15)11(12,13)14/h9-10H,4-8,15H2,1-3H3. The quantitative estimate of drug-likeness (QED) is 0.720. The van der Waals surface area contributed by atoms with Crippen LogP contribution in [0.4, 0.5) is 13.2 Å². The van der Waals surface area contributed by atoms with Crippen LogP contribution in [-0.2, 0) is 4.74 Å². The summed E-state index contributed by atoms with van der Waals surface area (Å²) >= 11 is 0. The Kier molecular flexibility index (Phi) is 7.74. The van der Waals surface area contributed by atoms with Crippen LogP contribution >= 0.6 is 0 Å². The third-order valence-corrected chi connectivity index (χ3v) is 3.00. The van der Waals surface area contributed by atoms with E-state index in [0.29, 0.717) is 13.2 Å². The van der Waals surface area contributed by atoms with Crippen LogP contribution in [0.1, 0.15) is 20.3 Å². The molecule has 0 saturated heterocycles. The third-order valence-electron chi connectivity index (χ3n) is 3.00. The first-order valence-electron chi connectivity index (χ1n) is 5.86. The zero-order valence-electron chi connectivity index (χ0n) is 10.8. The van der Waals surface area contributed by atoms with Gasteiger partial charge in [0.15, 0.2) is 0 Å². The molecule has 3 nitrogen and oxygen atoms in total. The summed E-state index contributed by atoms with van der Waals surface area (Å²) in [6, 6.07) is 0.0987. The molecule has 0 aromatic heterocycles. The minimum Gasteiger partial charge on any atom is -0.383 e. The fourth-order valence-electron chi connectivity index (χ4n) is 1.55. The molecule has 0 aliphatic carbocycles. The Balaban J connectivity index is 4.48. The summed E-state index contributed by atoms with van der Waals surface area (Å²) in [7, 11) is 1.54. The van der Waals surface area contributed by atoms with Crippen LogP contribution in [-0.4, -0.2) is 50.5 Å². The largest absolute Gasteiger partial charge is 0.394 e. The molecule has 17 heavy (non-hydrogen) atoms. The predicted molar refractivity (Wildman–Crippen MR) is 61.8 cm³/mol. The van der Waals surface area contributed by atoms with E-state index in [0.717, 1.165) is 6.42 Å². The van der Waals surface area contributed by atoms with E-state index in [4.69, 9.17) is 10.5 Å². The number of nitrogens with two attached hydrogens (primary N) is 1. The minimum atomic E-state index is -4.23. The van der Waals surface area contributed by atoms with Crippen LogP contribution < -0.4 is 5.73 Å². The Bertz CT molecular complexity index is 200. The molecule has 0 aromatic carbocycles. The predicted octanol–water partition coefficient (Wildman–Crippen LogP) is 1.87. The van der Waals surface area contributed by atoms with Gasteiger partial charge in [-0.1, -0.05) is 6.92 Å². The van der Waals surface area contributed by atoms with Gasteiger partial charge in [0.1, 0.15) is 0 Å². The van der Waals surface area contributed by atoms with Gasteiger partial charge in [-0.15, -0.1) is 0 Å². The molecule has 0 bridgehead atoms. The maximum absolute atomic E-state index is 12.6. The summed E-state index contributed by atoms with van der Waals surface area (Å²) < 4.78 is 42.8. The maximum Gasteiger partial charge on any atom is 0.394 e. The van der Waals surface area contributed by atoms with Crippen molar-refractivity contribution in [1.82, 2.24) is 4.90 Å². The summed E-state index contributed by atoms with van der Waals surface area (Å²) in [6.45, 7) is 4.37. The molecule has 0 aliphatic heterocycles. The fraction of sp³-hybridized carbons (Fsp3) is 1.00. The summed E-state index contributed by atoms with van der Waals surface area (Å²) in [5.74, 6) is -1.46. The molecule has 0 rings (SSSR count). The molecule has 0 aliphatic rings. The lowest BCUT2D eigenvalue weighted by molar-refractivity contribution is -0.177. The van der Waals surface area contributed by atoms with Gasteiger partial charge in [-0.2, -0.15) is 13.2 Å². The molecular formula is C11H23F3N2O. The second-order valence-corrected chi connectivity index (χ2v) is 4.22. The third kappa shape index (κ3) is 6.24. The van der Waals surface area contributed by atoms with E-state index in [9.17, 15) is 13.2 Å². The molecule has 2 atom stereocenters. The summed E-state index contributed by atoms with van der Waals surface area (Å²) in [5, 5.41) is 0. The number of alkyl halides is 3. The van der Waals surface area contributed by atoms with Crippen molar-refractivity contribution in [3.05, 3.63) is 0 Å². The van der Waals surface area contributed by atoms with E-state index in [-0.39, 0.29) is 19.1 Å². The van der Waals surface area contributed by atoms with Gasteiger partial charge in [0.2, 0.25) is 0 Å². The van der Waals surface area contributed by atoms with E-state index >= 15 is 0 Å². The molecule has 2 unspecified atom stereocenters. The lowest BCUT2D eigenvalue weighted by Crippen LogP contribution is -2.45. The minimum absolute atomic E-state index is 0.0572. The monoisotopic (exact) mass is 256 g/mol. The van der Waals surface area contributed by atoms with E-state index in [1.165, 1.54) is 0 Å². The Hall–Kier alpha value is -0.330. The van der Waals surface area contributed by atoms with E-state index in [1.807, 2.05) is 13.8 Å². The molecule has 2 N–H and O–H groups in total. The molecule has 0 aromatic rings. The van der Waals surface area contributed by atoms with Crippen molar-refractivity contribution < 1.29 is 17.9 Å². The first-order chi connectivity index (χ1) is 7.86. The van der Waals surface area contributed by atoms with Crippen LogP contribution in [0.15, 0.2) is 0 Å². The van der Waals surface area contributed by atoms with Crippen molar-refractivity contribution in [2.45, 2.75) is 32.5 Å². The summed E-state index contributed by atoms with van der Waals surface area (Å²) in [5.41, 5.74) is 5.20. The van der Waals surface area contributed by atoms with Gasteiger partial charge in [-0.05, 0) is 13.3 Å². The molecule has 0 heterocycles. The molecule has 0 amide bonds. The lowest BCUT2D eigenvalue weighted by atomic mass is 10.1. The van der Waals surface area contributed by atoms with Gasteiger partial charge in [-0.3, -0.25) is 4.90 Å². The molecule has 0 fully saturated rings. The molecule has 0 saturated carbocycles. The number of hydrogen-bond acceptors (Lipinski definition) is 3. The SMILES string of the molecule is CCC(C)N(CCOC)CC(CN)C(F)(F)F. The maximum atomic E-state index is 12.6. The van der Waals surface area contributed by atoms with Crippen LogP contribution in [0.25, 0.3) is 0 Å². The molecular weight excluding hydrogens is 233 g/mol. The summed E-state index contributed by atoms with van der Waals surface area (Å²) in [4.78, 5) is 1.79. The highest BCUT2D eigenvalue weighted by molar-refractivity contribution is 4.76. The Labute approximate surface area is 101 Å². The fourth-order valence-corrected chi connectivity index (χ4v) is 1.55. The number of halogens is 3. The van der Waals surface area contributed by atoms with E-state index in [2.05, 4.69) is 0 Å². The van der Waals surface area contributed by atoms with Gasteiger partial charge >= 0.3 is 6.18 Å². The average Bonchev–Trinajstić information content (AvgIpc) is 2.26. The number of ether oxygens (including phenoxy) is 1. The molecule has 0 spiro atoms. The normalized spacial score (nSPS) is 16.2. The van der Waals surface area contributed by atoms with E-state index < -0.39 is 12.1 Å². The average molecular weight is 256 g/mol. The lowest BCUT2D eigenvalue weighted by Gasteiger charge is -2.32. The second-order valence-electron chi connectivity index (χ2n) is 4.22. The van der Waals surface area contributed by atoms with E-state index in [1.54, 1.807) is 12.0 Å². The van der Waals surface area contributed by atoms with Crippen LogP contribution in [0.5, 0.6) is 0 Å². The molecule has 0 radical (unpaired) electrons. The highest BCUT2D eigenvalue weighted by Gasteiger charge is 2.39. The highest BCUT2D eigenvalue weighted by atomic mass is 19.4. The Morgan fingerprint density at radius 3 is 2.29 bits per heavy atom. The van der Waals surface area contributed by atoms with Crippen molar-refractivity contribution in [3.8, 4) is 0 Å². The van der Waals surface area contributed by atoms with Gasteiger partial charge in [0.05, 0.1) is 12.5 Å². The van der Waals surface area contributed by atoms with Crippen molar-refractivity contribution in [2.75, 3.05) is 33.4 Å². The van der Waals surface area contributed by atoms with Gasteiger partial charge in [0.25, 0.3) is 0 Å². The highest BCUT2D eigenvalue weighted by Crippen LogP contribution is 2.26. The van der Waals surface area contributed by atoms with Crippen molar-refractivity contribution in [2.24, 2.45) is 11.7 Å². The Morgan fingerprint density at radius 2 is 1.94 bits per heavy atom. The van der Waals surface area contributed by atoms with Crippen molar-refractivity contribution >= 4 is 0 Å². The number of rotatable bonds is 8. The first kappa shape index (κ1) is 16.7. The van der Waals surface area contributed by atoms with Crippen LogP contribution in [0.3, 0.4) is 0 Å². The molecule has 6 heteroatoms. The van der Waals surface area contributed by atoms with Crippen molar-refractivity contribution in [3.63, 3.8) is 0 Å². The van der Waals surface area contributed by atoms with Gasteiger partial charge < -0.3 is 10.5 Å². The first-order valence-corrected chi connectivity index (χ1v) is 5.86. The zero-order valence-corrected chi connectivity index (χ0v) is 10.8. The number of methoxy groups -OCH3 is 1. The topological polar surface area (TPSA) is 38.5 Å². The Morgan fingerprint density at radius 1 is 1.35 bits per heavy atom. The smallest absolute Gasteiger partial charge is 0.383 e. The second kappa shape index (κ2) is 7.89. The van der Waals surface area contributed by atoms with Crippen LogP contribution in [0.2, 0.25) is 0 Å².